The summed E-state index contributed by atoms with van der Waals surface area (Å²) in [7, 11) is 0. The maximum Gasteiger partial charge on any atom is -0.0298 e. The average molecular weight is 152 g/mol. The van der Waals surface area contributed by atoms with Gasteiger partial charge >= 0.3 is 0 Å². The normalized spacial score (nSPS) is 27.8. The molecular weight excluding hydrogens is 132 g/mol. The molecule has 0 radical (unpaired) electrons. The van der Waals surface area contributed by atoms with Crippen molar-refractivity contribution in [1.82, 2.24) is 0 Å². The van der Waals surface area contributed by atoms with Gasteiger partial charge in [0.2, 0.25) is 0 Å². The van der Waals surface area contributed by atoms with E-state index in [1.165, 1.54) is 38.5 Å². The van der Waals surface area contributed by atoms with Crippen LogP contribution in [0.1, 0.15) is 52.4 Å². The minimum absolute atomic E-state index is 0.691. The van der Waals surface area contributed by atoms with Gasteiger partial charge in [-0.25, -0.2) is 0 Å². The first-order valence-electron chi connectivity index (χ1n) is 5.21. The predicted octanol–water partition coefficient (Wildman–Crippen LogP) is 3.61. The Morgan fingerprint density at radius 1 is 0.818 bits per heavy atom. The summed E-state index contributed by atoms with van der Waals surface area (Å²) < 4.78 is 0. The van der Waals surface area contributed by atoms with Gasteiger partial charge in [0.15, 0.2) is 0 Å². The van der Waals surface area contributed by atoms with E-state index in [0.717, 1.165) is 11.8 Å². The van der Waals surface area contributed by atoms with Crippen LogP contribution in [0.15, 0.2) is 0 Å². The second kappa shape index (κ2) is 2.50. The van der Waals surface area contributed by atoms with Crippen LogP contribution < -0.4 is 0 Å². The highest BCUT2D eigenvalue weighted by Gasteiger charge is 2.41. The van der Waals surface area contributed by atoms with Crippen LogP contribution in [0, 0.1) is 17.3 Å². The van der Waals surface area contributed by atoms with Gasteiger partial charge in [-0.3, -0.25) is 0 Å². The van der Waals surface area contributed by atoms with Gasteiger partial charge in [0, 0.05) is 0 Å². The van der Waals surface area contributed by atoms with E-state index in [4.69, 9.17) is 0 Å². The first-order chi connectivity index (χ1) is 5.21. The predicted molar refractivity (Wildman–Crippen MR) is 48.5 cm³/mol. The third-order valence-corrected chi connectivity index (χ3v) is 4.31. The van der Waals surface area contributed by atoms with Gasteiger partial charge in [0.25, 0.3) is 0 Å². The largest absolute Gasteiger partial charge is 0.0594 e. The fourth-order valence-electron chi connectivity index (χ4n) is 2.64. The summed E-state index contributed by atoms with van der Waals surface area (Å²) >= 11 is 0. The molecule has 0 aliphatic heterocycles. The van der Waals surface area contributed by atoms with E-state index in [-0.39, 0.29) is 0 Å². The Hall–Kier alpha value is 0. The summed E-state index contributed by atoms with van der Waals surface area (Å²) in [6, 6.07) is 0. The molecule has 0 aromatic heterocycles. The summed E-state index contributed by atoms with van der Waals surface area (Å²) in [5.41, 5.74) is 0.691. The Morgan fingerprint density at radius 2 is 1.18 bits per heavy atom. The zero-order chi connectivity index (χ0) is 7.90. The van der Waals surface area contributed by atoms with Crippen molar-refractivity contribution in [3.63, 3.8) is 0 Å². The standard InChI is InChI=1S/C11H20/c1-11(2,9-5-3-6-9)10-7-4-8-10/h9-10H,3-8H2,1-2H3. The van der Waals surface area contributed by atoms with Gasteiger partial charge in [0.05, 0.1) is 0 Å². The molecule has 0 atom stereocenters. The lowest BCUT2D eigenvalue weighted by atomic mass is 9.56. The molecule has 0 heteroatoms. The van der Waals surface area contributed by atoms with Crippen molar-refractivity contribution in [2.75, 3.05) is 0 Å². The second-order valence-electron chi connectivity index (χ2n) is 5.08. The third-order valence-electron chi connectivity index (χ3n) is 4.31. The molecule has 0 bridgehead atoms. The molecule has 11 heavy (non-hydrogen) atoms. The highest BCUT2D eigenvalue weighted by Crippen LogP contribution is 2.52. The summed E-state index contributed by atoms with van der Waals surface area (Å²) in [6.07, 6.45) is 9.07. The third kappa shape index (κ3) is 1.11. The van der Waals surface area contributed by atoms with E-state index in [0.29, 0.717) is 5.41 Å². The zero-order valence-corrected chi connectivity index (χ0v) is 7.90. The Balaban J connectivity index is 1.95. The lowest BCUT2D eigenvalue weighted by molar-refractivity contribution is 0.0135. The Morgan fingerprint density at radius 3 is 1.36 bits per heavy atom. The smallest absolute Gasteiger partial charge is 0.0298 e. The fourth-order valence-corrected chi connectivity index (χ4v) is 2.64. The van der Waals surface area contributed by atoms with E-state index in [1.807, 2.05) is 0 Å². The summed E-state index contributed by atoms with van der Waals surface area (Å²) in [6.45, 7) is 5.00. The SMILES string of the molecule is CC(C)(C1CCC1)C1CCC1. The Kier molecular flexibility index (Phi) is 1.74. The molecule has 0 saturated heterocycles. The molecule has 0 aromatic carbocycles. The van der Waals surface area contributed by atoms with Crippen LogP contribution in [-0.4, -0.2) is 0 Å². The van der Waals surface area contributed by atoms with Gasteiger partial charge in [-0.1, -0.05) is 26.7 Å². The van der Waals surface area contributed by atoms with Crippen LogP contribution in [0.4, 0.5) is 0 Å². The summed E-state index contributed by atoms with van der Waals surface area (Å²) in [5, 5.41) is 0. The topological polar surface area (TPSA) is 0 Å². The van der Waals surface area contributed by atoms with Crippen LogP contribution in [0.2, 0.25) is 0 Å². The summed E-state index contributed by atoms with van der Waals surface area (Å²) in [4.78, 5) is 0. The number of rotatable bonds is 2. The molecule has 2 aliphatic rings. The average Bonchev–Trinajstić information content (AvgIpc) is 1.46. The van der Waals surface area contributed by atoms with Crippen molar-refractivity contribution >= 4 is 0 Å². The molecule has 0 amide bonds. The van der Waals surface area contributed by atoms with E-state index in [1.54, 1.807) is 0 Å². The van der Waals surface area contributed by atoms with Gasteiger partial charge in [-0.05, 0) is 42.9 Å². The van der Waals surface area contributed by atoms with Crippen LogP contribution in [0.25, 0.3) is 0 Å². The van der Waals surface area contributed by atoms with Crippen molar-refractivity contribution in [3.05, 3.63) is 0 Å². The second-order valence-corrected chi connectivity index (χ2v) is 5.08. The van der Waals surface area contributed by atoms with Crippen molar-refractivity contribution in [1.29, 1.82) is 0 Å². The molecular formula is C11H20. The minimum Gasteiger partial charge on any atom is -0.0594 e. The van der Waals surface area contributed by atoms with E-state index in [9.17, 15) is 0 Å². The quantitative estimate of drug-likeness (QED) is 0.567. The van der Waals surface area contributed by atoms with Crippen molar-refractivity contribution in [2.45, 2.75) is 52.4 Å². The minimum atomic E-state index is 0.691. The van der Waals surface area contributed by atoms with Gasteiger partial charge in [-0.2, -0.15) is 0 Å². The fraction of sp³-hybridized carbons (Fsp3) is 1.00. The van der Waals surface area contributed by atoms with Crippen LogP contribution in [0.5, 0.6) is 0 Å². The highest BCUT2D eigenvalue weighted by molar-refractivity contribution is 4.92. The Labute approximate surface area is 70.4 Å². The van der Waals surface area contributed by atoms with Crippen molar-refractivity contribution in [2.24, 2.45) is 17.3 Å². The molecule has 0 unspecified atom stereocenters. The van der Waals surface area contributed by atoms with Gasteiger partial charge in [-0.15, -0.1) is 0 Å². The van der Waals surface area contributed by atoms with Crippen molar-refractivity contribution < 1.29 is 0 Å². The van der Waals surface area contributed by atoms with Crippen LogP contribution in [0.3, 0.4) is 0 Å². The maximum atomic E-state index is 2.50. The van der Waals surface area contributed by atoms with Gasteiger partial charge < -0.3 is 0 Å². The molecule has 0 aromatic rings. The molecule has 0 nitrogen and oxygen atoms in total. The van der Waals surface area contributed by atoms with E-state index >= 15 is 0 Å². The Bertz CT molecular complexity index is 122. The van der Waals surface area contributed by atoms with Crippen LogP contribution in [-0.2, 0) is 0 Å². The molecule has 0 spiro atoms. The molecule has 2 aliphatic carbocycles. The molecule has 0 N–H and O–H groups in total. The molecule has 0 heterocycles. The lowest BCUT2D eigenvalue weighted by Gasteiger charge is -2.49. The van der Waals surface area contributed by atoms with E-state index in [2.05, 4.69) is 13.8 Å². The van der Waals surface area contributed by atoms with Gasteiger partial charge in [0.1, 0.15) is 0 Å². The number of hydrogen-bond acceptors (Lipinski definition) is 0. The first-order valence-corrected chi connectivity index (χ1v) is 5.21. The number of hydrogen-bond donors (Lipinski definition) is 0. The monoisotopic (exact) mass is 152 g/mol. The van der Waals surface area contributed by atoms with Crippen molar-refractivity contribution in [3.8, 4) is 0 Å². The highest BCUT2D eigenvalue weighted by atomic mass is 14.5. The van der Waals surface area contributed by atoms with Crippen LogP contribution >= 0.6 is 0 Å². The summed E-state index contributed by atoms with van der Waals surface area (Å²) in [5.74, 6) is 2.15. The maximum absolute atomic E-state index is 2.50. The molecule has 64 valence electrons. The molecule has 2 rings (SSSR count). The zero-order valence-electron chi connectivity index (χ0n) is 7.90. The first kappa shape index (κ1) is 7.64. The lowest BCUT2D eigenvalue weighted by Crippen LogP contribution is -2.39. The molecule has 2 fully saturated rings. The molecule has 2 saturated carbocycles. The van der Waals surface area contributed by atoms with E-state index < -0.39 is 0 Å².